The molecule has 1 heterocycles. The smallest absolute Gasteiger partial charge is 0.282 e. The Morgan fingerprint density at radius 2 is 1.82 bits per heavy atom. The zero-order valence-electron chi connectivity index (χ0n) is 28.2. The fourth-order valence-corrected chi connectivity index (χ4v) is 5.47. The highest BCUT2D eigenvalue weighted by atomic mass is 19.1. The fraction of sp³-hybridized carbons (Fsp3) is 0.231. The second-order valence-corrected chi connectivity index (χ2v) is 11.6. The van der Waals surface area contributed by atoms with E-state index in [9.17, 15) is 14.0 Å². The van der Waals surface area contributed by atoms with Crippen LogP contribution in [0.25, 0.3) is 22.3 Å². The van der Waals surface area contributed by atoms with Crippen LogP contribution in [0.15, 0.2) is 95.3 Å². The third-order valence-electron chi connectivity index (χ3n) is 7.83. The molecule has 0 unspecified atom stereocenters. The summed E-state index contributed by atoms with van der Waals surface area (Å²) in [6.45, 7) is 11.7. The highest BCUT2D eigenvalue weighted by Crippen LogP contribution is 2.35. The Bertz CT molecular complexity index is 2100. The highest BCUT2D eigenvalue weighted by Gasteiger charge is 2.19. The minimum atomic E-state index is -0.548. The van der Waals surface area contributed by atoms with Gasteiger partial charge in [0.25, 0.3) is 11.5 Å². The fourth-order valence-electron chi connectivity index (χ4n) is 5.47. The largest absolute Gasteiger partial charge is 0.496 e. The summed E-state index contributed by atoms with van der Waals surface area (Å²) < 4.78 is 32.9. The van der Waals surface area contributed by atoms with Crippen LogP contribution in [0.2, 0.25) is 0 Å². The number of nitrogens with one attached hydrogen (secondary N) is 1. The van der Waals surface area contributed by atoms with E-state index in [2.05, 4.69) is 30.8 Å². The lowest BCUT2D eigenvalue weighted by Crippen LogP contribution is -2.21. The van der Waals surface area contributed by atoms with Crippen molar-refractivity contribution in [3.8, 4) is 28.6 Å². The molecular weight excluding hydrogens is 623 g/mol. The second-order valence-electron chi connectivity index (χ2n) is 11.6. The van der Waals surface area contributed by atoms with Gasteiger partial charge in [-0.15, -0.1) is 6.58 Å². The van der Waals surface area contributed by atoms with Crippen molar-refractivity contribution in [3.05, 3.63) is 124 Å². The molecule has 4 aromatic carbocycles. The average molecular weight is 663 g/mol. The summed E-state index contributed by atoms with van der Waals surface area (Å²) in [4.78, 5) is 31.5. The molecule has 0 saturated carbocycles. The number of fused-ring (bicyclic) bond motifs is 1. The lowest BCUT2D eigenvalue weighted by atomic mass is 9.96. The first-order valence-electron chi connectivity index (χ1n) is 16.0. The summed E-state index contributed by atoms with van der Waals surface area (Å²) in [5.41, 5.74) is 4.19. The molecule has 1 aromatic heterocycles. The number of aryl methyl sites for hydroxylation is 1. The molecule has 0 fully saturated rings. The molecule has 9 nitrogen and oxygen atoms in total. The van der Waals surface area contributed by atoms with Crippen LogP contribution in [-0.4, -0.2) is 42.1 Å². The first-order chi connectivity index (χ1) is 23.6. The van der Waals surface area contributed by atoms with Crippen molar-refractivity contribution >= 4 is 28.7 Å². The zero-order valence-corrected chi connectivity index (χ0v) is 28.2. The molecule has 10 heteroatoms. The average Bonchev–Trinajstić information content (AvgIpc) is 3.08. The number of rotatable bonds is 13. The van der Waals surface area contributed by atoms with E-state index in [1.807, 2.05) is 44.2 Å². The molecule has 0 aliphatic heterocycles. The summed E-state index contributed by atoms with van der Waals surface area (Å²) in [5.74, 6) is 0.951. The van der Waals surface area contributed by atoms with Gasteiger partial charge in [0.05, 0.1) is 36.5 Å². The maximum absolute atomic E-state index is 14.1. The number of aromatic nitrogens is 2. The van der Waals surface area contributed by atoms with E-state index in [0.717, 1.165) is 22.4 Å². The van der Waals surface area contributed by atoms with Crippen molar-refractivity contribution in [2.24, 2.45) is 5.10 Å². The Hall–Kier alpha value is -5.77. The van der Waals surface area contributed by atoms with Gasteiger partial charge in [0.1, 0.15) is 11.6 Å². The van der Waals surface area contributed by atoms with Gasteiger partial charge in [0.15, 0.2) is 23.9 Å². The minimum Gasteiger partial charge on any atom is -0.496 e. The number of benzene rings is 4. The second kappa shape index (κ2) is 15.4. The number of amides is 1. The van der Waals surface area contributed by atoms with Crippen LogP contribution in [0.3, 0.4) is 0 Å². The molecule has 0 aliphatic rings. The number of carbonyl (C=O) groups excluding carboxylic acids is 1. The number of para-hydroxylation sites is 2. The molecule has 0 spiro atoms. The van der Waals surface area contributed by atoms with E-state index in [-0.39, 0.29) is 23.8 Å². The zero-order chi connectivity index (χ0) is 35.1. The number of halogens is 1. The molecule has 49 heavy (non-hydrogen) atoms. The maximum atomic E-state index is 14.1. The van der Waals surface area contributed by atoms with Gasteiger partial charge in [-0.1, -0.05) is 44.2 Å². The van der Waals surface area contributed by atoms with E-state index < -0.39 is 11.7 Å². The number of allylic oxidation sites excluding steroid dienone is 1. The normalized spacial score (nSPS) is 11.2. The Morgan fingerprint density at radius 1 is 1.06 bits per heavy atom. The molecule has 252 valence electrons. The summed E-state index contributed by atoms with van der Waals surface area (Å²) in [6, 6.07) is 20.6. The Labute approximate surface area is 284 Å². The predicted molar refractivity (Wildman–Crippen MR) is 192 cm³/mol. The number of methoxy groups -OCH3 is 1. The summed E-state index contributed by atoms with van der Waals surface area (Å²) >= 11 is 0. The number of anilines is 1. The minimum absolute atomic E-state index is 0.0575. The molecular formula is C39H39FN4O5. The predicted octanol–water partition coefficient (Wildman–Crippen LogP) is 7.67. The van der Waals surface area contributed by atoms with Crippen LogP contribution in [-0.2, 0) is 11.2 Å². The topological polar surface area (TPSA) is 104 Å². The molecule has 1 N–H and O–H groups in total. The van der Waals surface area contributed by atoms with E-state index in [0.29, 0.717) is 52.4 Å². The van der Waals surface area contributed by atoms with Crippen LogP contribution in [0.1, 0.15) is 48.9 Å². The van der Waals surface area contributed by atoms with Crippen molar-refractivity contribution in [2.75, 3.05) is 25.6 Å². The third-order valence-corrected chi connectivity index (χ3v) is 7.83. The van der Waals surface area contributed by atoms with Gasteiger partial charge in [0.2, 0.25) is 0 Å². The molecule has 0 aliphatic carbocycles. The molecule has 1 amide bonds. The van der Waals surface area contributed by atoms with Crippen molar-refractivity contribution in [3.63, 3.8) is 0 Å². The van der Waals surface area contributed by atoms with Crippen LogP contribution in [0.4, 0.5) is 10.1 Å². The van der Waals surface area contributed by atoms with Crippen molar-refractivity contribution in [1.82, 2.24) is 9.66 Å². The van der Waals surface area contributed by atoms with Gasteiger partial charge < -0.3 is 19.5 Å². The molecule has 0 radical (unpaired) electrons. The molecule has 5 aromatic rings. The maximum Gasteiger partial charge on any atom is 0.282 e. The van der Waals surface area contributed by atoms with Crippen LogP contribution >= 0.6 is 0 Å². The number of nitrogens with zero attached hydrogens (tertiary/aromatic N) is 3. The van der Waals surface area contributed by atoms with Gasteiger partial charge in [-0.05, 0) is 91.4 Å². The number of carbonyl (C=O) groups is 1. The Morgan fingerprint density at radius 3 is 2.53 bits per heavy atom. The lowest BCUT2D eigenvalue weighted by Gasteiger charge is -2.18. The molecule has 0 atom stereocenters. The first kappa shape index (κ1) is 34.6. The van der Waals surface area contributed by atoms with Crippen molar-refractivity contribution in [2.45, 2.75) is 40.0 Å². The monoisotopic (exact) mass is 662 g/mol. The van der Waals surface area contributed by atoms with E-state index >= 15 is 0 Å². The lowest BCUT2D eigenvalue weighted by molar-refractivity contribution is -0.118. The number of ether oxygens (including phenoxy) is 3. The van der Waals surface area contributed by atoms with Crippen molar-refractivity contribution < 1.29 is 23.4 Å². The first-order valence-corrected chi connectivity index (χ1v) is 16.0. The molecule has 0 bridgehead atoms. The molecule has 0 saturated heterocycles. The third kappa shape index (κ3) is 7.70. The van der Waals surface area contributed by atoms with Gasteiger partial charge in [-0.25, -0.2) is 9.37 Å². The molecule has 5 rings (SSSR count). The number of hydrogen-bond acceptors (Lipinski definition) is 7. The summed E-state index contributed by atoms with van der Waals surface area (Å²) in [5, 5.41) is 7.64. The van der Waals surface area contributed by atoms with Crippen LogP contribution in [0.5, 0.6) is 17.2 Å². The SMILES string of the molecule is C=CCc1cc(C=Nn2c(-c3cc(C(C)C)c(OC)cc3C)nc3ccccc3c2=O)cc(OCC)c1OCC(=O)Nc1ccccc1F. The van der Waals surface area contributed by atoms with Gasteiger partial charge in [-0.2, -0.15) is 9.78 Å². The van der Waals surface area contributed by atoms with E-state index in [1.165, 1.54) is 16.8 Å². The quantitative estimate of drug-likeness (QED) is 0.103. The van der Waals surface area contributed by atoms with E-state index in [1.54, 1.807) is 49.7 Å². The Balaban J connectivity index is 1.57. The van der Waals surface area contributed by atoms with Gasteiger partial charge in [-0.3, -0.25) is 9.59 Å². The highest BCUT2D eigenvalue weighted by molar-refractivity contribution is 5.92. The van der Waals surface area contributed by atoms with Crippen LogP contribution in [0, 0.1) is 12.7 Å². The van der Waals surface area contributed by atoms with E-state index in [4.69, 9.17) is 19.2 Å². The Kier molecular flexibility index (Phi) is 10.9. The van der Waals surface area contributed by atoms with Crippen LogP contribution < -0.4 is 25.1 Å². The van der Waals surface area contributed by atoms with Gasteiger partial charge in [0, 0.05) is 11.1 Å². The standard InChI is InChI=1S/C39H39FN4O5/c1-7-13-27-19-26(20-35(48-8-2)37(27)49-23-36(45)42-33-17-12-10-15-31(33)40)22-41-44-38(43-32-16-11-9-14-28(32)39(44)46)30-21-29(24(3)4)34(47-6)18-25(30)5/h7,9-12,14-22,24H,1,8,13,23H2,2-6H3,(H,42,45). The summed E-state index contributed by atoms with van der Waals surface area (Å²) in [7, 11) is 1.64. The number of hydrogen-bond donors (Lipinski definition) is 1. The van der Waals surface area contributed by atoms with Crippen molar-refractivity contribution in [1.29, 1.82) is 0 Å². The van der Waals surface area contributed by atoms with Gasteiger partial charge >= 0.3 is 0 Å². The summed E-state index contributed by atoms with van der Waals surface area (Å²) in [6.07, 6.45) is 3.65.